The molecule has 0 radical (unpaired) electrons. The van der Waals surface area contributed by atoms with E-state index in [0.29, 0.717) is 28.1 Å². The maximum absolute atomic E-state index is 16.0. The summed E-state index contributed by atoms with van der Waals surface area (Å²) in [5, 5.41) is 17.4. The summed E-state index contributed by atoms with van der Waals surface area (Å²) in [5.41, 5.74) is 12.2. The van der Waals surface area contributed by atoms with Crippen LogP contribution in [0.25, 0.3) is 117 Å². The summed E-state index contributed by atoms with van der Waals surface area (Å²) in [6.07, 6.45) is -1.01. The van der Waals surface area contributed by atoms with Gasteiger partial charge in [-0.2, -0.15) is 18.4 Å². The molecule has 0 atom stereocenters. The largest absolute Gasteiger partial charge is 0.417 e. The standard InChI is InChI=1S/C65H40F3N5/c1-70-54-33-31-43(71-55-24-9-4-18-46(55)47-19-5-10-25-56(47)71)37-51(54)45-17-3-2-15-41(45)29-30-42-16-14-23-53(65(66,67)68)63(42)64-61(70)35-40(39-69)36-62(64)73-59-28-13-8-22-50(59)52-38-44(32-34-60(52)73)72-57-26-11-6-20-48(57)49-21-7-12-27-58(49)72/h2-38H,1H3/b30-29-. The summed E-state index contributed by atoms with van der Waals surface area (Å²) >= 11 is 0. The Balaban J connectivity index is 1.08. The number of benzene rings is 10. The molecule has 0 N–H and O–H groups in total. The topological polar surface area (TPSA) is 41.8 Å². The zero-order valence-corrected chi connectivity index (χ0v) is 39.2. The quantitative estimate of drug-likeness (QED) is 0.177. The van der Waals surface area contributed by atoms with E-state index in [2.05, 4.69) is 141 Å². The maximum atomic E-state index is 16.0. The highest BCUT2D eigenvalue weighted by molar-refractivity contribution is 6.14. The van der Waals surface area contributed by atoms with Gasteiger partial charge in [-0.05, 0) is 102 Å². The number of hydrogen-bond donors (Lipinski definition) is 0. The molecular formula is C65H40F3N5. The molecule has 8 heteroatoms. The van der Waals surface area contributed by atoms with Crippen molar-refractivity contribution in [2.75, 3.05) is 11.9 Å². The molecule has 10 aromatic carbocycles. The van der Waals surface area contributed by atoms with Crippen LogP contribution in [0.4, 0.5) is 24.5 Å². The molecule has 0 amide bonds. The van der Waals surface area contributed by atoms with Crippen molar-refractivity contribution in [2.24, 2.45) is 0 Å². The van der Waals surface area contributed by atoms with Crippen LogP contribution in [0.15, 0.2) is 212 Å². The van der Waals surface area contributed by atoms with Crippen molar-refractivity contribution in [3.8, 4) is 45.4 Å². The number of nitrogens with zero attached hydrogens (tertiary/aromatic N) is 5. The smallest absolute Gasteiger partial charge is 0.344 e. The van der Waals surface area contributed by atoms with E-state index in [9.17, 15) is 5.26 Å². The zero-order chi connectivity index (χ0) is 49.1. The number of nitriles is 1. The number of alkyl halides is 3. The fraction of sp³-hybridized carbons (Fsp3) is 0.0308. The molecule has 14 rings (SSSR count). The van der Waals surface area contributed by atoms with Crippen molar-refractivity contribution in [2.45, 2.75) is 6.18 Å². The number of anilines is 2. The number of halogens is 3. The molecule has 0 fully saturated rings. The Hall–Kier alpha value is -9.58. The fourth-order valence-electron chi connectivity index (χ4n) is 11.7. The minimum Gasteiger partial charge on any atom is -0.344 e. The van der Waals surface area contributed by atoms with Gasteiger partial charge >= 0.3 is 6.18 Å². The third-order valence-electron chi connectivity index (χ3n) is 14.8. The van der Waals surface area contributed by atoms with Crippen LogP contribution in [0, 0.1) is 11.3 Å². The molecule has 0 unspecified atom stereocenters. The summed E-state index contributed by atoms with van der Waals surface area (Å²) < 4.78 is 54.5. The van der Waals surface area contributed by atoms with Gasteiger partial charge in [-0.15, -0.1) is 0 Å². The van der Waals surface area contributed by atoms with Gasteiger partial charge in [0.05, 0.1) is 61.7 Å². The van der Waals surface area contributed by atoms with Gasteiger partial charge in [0.15, 0.2) is 0 Å². The lowest BCUT2D eigenvalue weighted by Crippen LogP contribution is -2.16. The van der Waals surface area contributed by atoms with Gasteiger partial charge in [-0.25, -0.2) is 0 Å². The van der Waals surface area contributed by atoms with Crippen molar-refractivity contribution in [3.05, 3.63) is 235 Å². The van der Waals surface area contributed by atoms with Crippen molar-refractivity contribution >= 4 is 88.9 Å². The maximum Gasteiger partial charge on any atom is 0.417 e. The molecule has 5 nitrogen and oxygen atoms in total. The Morgan fingerprint density at radius 1 is 0.384 bits per heavy atom. The third-order valence-corrected chi connectivity index (χ3v) is 14.8. The second-order valence-electron chi connectivity index (χ2n) is 18.7. The van der Waals surface area contributed by atoms with E-state index >= 15 is 13.2 Å². The zero-order valence-electron chi connectivity index (χ0n) is 39.2. The van der Waals surface area contributed by atoms with E-state index < -0.39 is 11.7 Å². The Kier molecular flexibility index (Phi) is 9.26. The summed E-state index contributed by atoms with van der Waals surface area (Å²) in [6, 6.07) is 72.5. The molecule has 0 spiro atoms. The number of rotatable bonds is 3. The van der Waals surface area contributed by atoms with Gasteiger partial charge in [0, 0.05) is 73.1 Å². The molecule has 4 heterocycles. The lowest BCUT2D eigenvalue weighted by atomic mass is 9.89. The van der Waals surface area contributed by atoms with Gasteiger partial charge in [0.1, 0.15) is 0 Å². The molecular weight excluding hydrogens is 908 g/mol. The van der Waals surface area contributed by atoms with E-state index in [0.717, 1.165) is 99.2 Å². The Labute approximate surface area is 417 Å². The van der Waals surface area contributed by atoms with Crippen molar-refractivity contribution in [3.63, 3.8) is 0 Å². The lowest BCUT2D eigenvalue weighted by molar-refractivity contribution is -0.137. The highest BCUT2D eigenvalue weighted by atomic mass is 19.4. The summed E-state index contributed by atoms with van der Waals surface area (Å²) in [5.74, 6) is 0. The Morgan fingerprint density at radius 2 is 0.849 bits per heavy atom. The van der Waals surface area contributed by atoms with E-state index in [1.165, 1.54) is 12.1 Å². The Bertz CT molecular complexity index is 4430. The van der Waals surface area contributed by atoms with Crippen LogP contribution in [0.3, 0.4) is 0 Å². The summed E-state index contributed by atoms with van der Waals surface area (Å²) in [6.45, 7) is 0. The first-order valence-corrected chi connectivity index (χ1v) is 24.2. The van der Waals surface area contributed by atoms with Gasteiger partial charge < -0.3 is 18.6 Å². The van der Waals surface area contributed by atoms with Crippen LogP contribution in [0.5, 0.6) is 0 Å². The van der Waals surface area contributed by atoms with Crippen molar-refractivity contribution in [1.82, 2.24) is 13.7 Å². The minimum absolute atomic E-state index is 0.0169. The molecule has 1 aliphatic rings. The molecule has 0 bridgehead atoms. The second-order valence-corrected chi connectivity index (χ2v) is 18.7. The molecule has 0 saturated heterocycles. The number of para-hydroxylation sites is 5. The van der Waals surface area contributed by atoms with Crippen molar-refractivity contribution in [1.29, 1.82) is 5.26 Å². The van der Waals surface area contributed by atoms with E-state index in [1.807, 2.05) is 78.7 Å². The molecule has 1 aliphatic heterocycles. The fourth-order valence-corrected chi connectivity index (χ4v) is 11.7. The minimum atomic E-state index is -4.74. The number of fused-ring (bicyclic) bond motifs is 15. The predicted octanol–water partition coefficient (Wildman–Crippen LogP) is 17.5. The van der Waals surface area contributed by atoms with Gasteiger partial charge in [-0.1, -0.05) is 140 Å². The Morgan fingerprint density at radius 3 is 1.44 bits per heavy atom. The van der Waals surface area contributed by atoms with Crippen LogP contribution in [0.1, 0.15) is 22.3 Å². The number of aromatic nitrogens is 3. The number of hydrogen-bond acceptors (Lipinski definition) is 2. The molecule has 3 aromatic heterocycles. The summed E-state index contributed by atoms with van der Waals surface area (Å²) in [7, 11) is 1.90. The molecule has 73 heavy (non-hydrogen) atoms. The van der Waals surface area contributed by atoms with E-state index in [4.69, 9.17) is 0 Å². The first kappa shape index (κ1) is 42.3. The van der Waals surface area contributed by atoms with Gasteiger partial charge in [0.25, 0.3) is 0 Å². The monoisotopic (exact) mass is 947 g/mol. The van der Waals surface area contributed by atoms with Crippen LogP contribution >= 0.6 is 0 Å². The van der Waals surface area contributed by atoms with E-state index in [1.54, 1.807) is 24.3 Å². The van der Waals surface area contributed by atoms with Crippen LogP contribution in [-0.2, 0) is 6.18 Å². The van der Waals surface area contributed by atoms with Crippen LogP contribution < -0.4 is 4.90 Å². The third kappa shape index (κ3) is 6.35. The highest BCUT2D eigenvalue weighted by Gasteiger charge is 2.37. The predicted molar refractivity (Wildman–Crippen MR) is 293 cm³/mol. The van der Waals surface area contributed by atoms with Crippen molar-refractivity contribution < 1.29 is 13.2 Å². The molecule has 13 aromatic rings. The average molecular weight is 948 g/mol. The van der Waals surface area contributed by atoms with Crippen LogP contribution in [0.2, 0.25) is 0 Å². The second kappa shape index (κ2) is 16.0. The van der Waals surface area contributed by atoms with Gasteiger partial charge in [0.2, 0.25) is 0 Å². The lowest BCUT2D eigenvalue weighted by Gasteiger charge is -2.30. The van der Waals surface area contributed by atoms with E-state index in [-0.39, 0.29) is 5.56 Å². The molecule has 0 saturated carbocycles. The summed E-state index contributed by atoms with van der Waals surface area (Å²) in [4.78, 5) is 1.97. The average Bonchev–Trinajstić information content (AvgIpc) is 4.07. The SMILES string of the molecule is CN1c2ccc(-n3c4ccccc4c4ccccc43)cc2-c2ccccc2/C=C\c2cccc(C(F)(F)F)c2-c2c1cc(C#N)cc2-n1c2ccccc2c2cc(-n3c4ccccc4c4ccccc43)ccc21. The first-order chi connectivity index (χ1) is 35.7. The first-order valence-electron chi connectivity index (χ1n) is 24.2. The molecule has 0 aliphatic carbocycles. The normalized spacial score (nSPS) is 13.0. The van der Waals surface area contributed by atoms with Gasteiger partial charge in [-0.3, -0.25) is 0 Å². The molecule has 346 valence electrons. The highest BCUT2D eigenvalue weighted by Crippen LogP contribution is 2.51. The van der Waals surface area contributed by atoms with Crippen LogP contribution in [-0.4, -0.2) is 20.7 Å².